The van der Waals surface area contributed by atoms with Gasteiger partial charge in [0.05, 0.1) is 24.2 Å². The monoisotopic (exact) mass is 643 g/mol. The van der Waals surface area contributed by atoms with Crippen LogP contribution in [-0.4, -0.2) is 64.7 Å². The number of hydrogen-bond donors (Lipinski definition) is 3. The number of nitrogens with zero attached hydrogens (tertiary/aromatic N) is 2. The van der Waals surface area contributed by atoms with E-state index in [-0.39, 0.29) is 37.9 Å². The van der Waals surface area contributed by atoms with Crippen molar-refractivity contribution in [1.29, 1.82) is 0 Å². The first-order valence-corrected chi connectivity index (χ1v) is 14.7. The Hall–Kier alpha value is -4.91. The molecule has 13 heteroatoms. The van der Waals surface area contributed by atoms with Crippen LogP contribution in [0.5, 0.6) is 11.5 Å². The Morgan fingerprint density at radius 1 is 0.848 bits per heavy atom. The zero-order chi connectivity index (χ0) is 33.7. The van der Waals surface area contributed by atoms with Crippen molar-refractivity contribution in [1.82, 2.24) is 4.90 Å². The van der Waals surface area contributed by atoms with Gasteiger partial charge in [-0.15, -0.1) is 0 Å². The Labute approximate surface area is 264 Å². The van der Waals surface area contributed by atoms with E-state index in [1.807, 2.05) is 72.8 Å². The lowest BCUT2D eigenvalue weighted by molar-refractivity contribution is -0.192. The molecule has 1 heterocycles. The Morgan fingerprint density at radius 2 is 1.52 bits per heavy atom. The number of halogens is 3. The molecule has 4 rings (SSSR count). The Morgan fingerprint density at radius 3 is 2.17 bits per heavy atom. The first-order chi connectivity index (χ1) is 21.9. The highest BCUT2D eigenvalue weighted by Crippen LogP contribution is 2.30. The molecular formula is C33H36F3N3O7. The molecule has 0 bridgehead atoms. The summed E-state index contributed by atoms with van der Waals surface area (Å²) in [6, 6.07) is 22.6. The number of para-hydroxylation sites is 1. The number of rotatable bonds is 13. The number of carbonyl (C=O) groups excluding carboxylic acids is 2. The van der Waals surface area contributed by atoms with Crippen LogP contribution in [0.25, 0.3) is 0 Å². The minimum Gasteiger partial charge on any atom is -0.481 e. The second kappa shape index (κ2) is 17.0. The summed E-state index contributed by atoms with van der Waals surface area (Å²) in [6.07, 6.45) is -0.402. The Bertz CT molecular complexity index is 1500. The molecule has 0 saturated heterocycles. The summed E-state index contributed by atoms with van der Waals surface area (Å²) in [5.74, 6) is -3.01. The third-order valence-electron chi connectivity index (χ3n) is 6.97. The predicted octanol–water partition coefficient (Wildman–Crippen LogP) is 5.64. The molecule has 3 aromatic rings. The van der Waals surface area contributed by atoms with Crippen LogP contribution >= 0.6 is 0 Å². The number of carboxylic acids is 2. The number of aliphatic carboxylic acids is 2. The molecule has 246 valence electrons. The summed E-state index contributed by atoms with van der Waals surface area (Å²) in [5, 5.41) is 16.3. The van der Waals surface area contributed by atoms with Gasteiger partial charge >= 0.3 is 18.1 Å². The number of anilines is 1. The van der Waals surface area contributed by atoms with Gasteiger partial charge in [-0.1, -0.05) is 49.2 Å². The van der Waals surface area contributed by atoms with Crippen molar-refractivity contribution in [3.63, 3.8) is 0 Å². The van der Waals surface area contributed by atoms with Gasteiger partial charge in [-0.05, 0) is 73.3 Å². The van der Waals surface area contributed by atoms with Crippen molar-refractivity contribution in [3.05, 3.63) is 89.5 Å². The lowest BCUT2D eigenvalue weighted by Crippen LogP contribution is -2.40. The van der Waals surface area contributed by atoms with Gasteiger partial charge in [0.25, 0.3) is 5.91 Å². The van der Waals surface area contributed by atoms with E-state index in [4.69, 9.17) is 20.4 Å². The van der Waals surface area contributed by atoms with E-state index in [0.29, 0.717) is 29.3 Å². The summed E-state index contributed by atoms with van der Waals surface area (Å²) < 4.78 is 37.7. The van der Waals surface area contributed by atoms with Crippen molar-refractivity contribution in [3.8, 4) is 11.5 Å². The average Bonchev–Trinajstić information content (AvgIpc) is 3.10. The lowest BCUT2D eigenvalue weighted by atomic mass is 10.0. The molecule has 0 aliphatic carbocycles. The fourth-order valence-electron chi connectivity index (χ4n) is 4.70. The number of amides is 2. The van der Waals surface area contributed by atoms with E-state index in [9.17, 15) is 32.7 Å². The number of ether oxygens (including phenoxy) is 1. The van der Waals surface area contributed by atoms with E-state index >= 15 is 0 Å². The zero-order valence-corrected chi connectivity index (χ0v) is 25.0. The van der Waals surface area contributed by atoms with Gasteiger partial charge in [-0.2, -0.15) is 13.2 Å². The first-order valence-electron chi connectivity index (χ1n) is 14.7. The molecule has 0 saturated carbocycles. The highest BCUT2D eigenvalue weighted by atomic mass is 19.4. The van der Waals surface area contributed by atoms with Gasteiger partial charge in [0.15, 0.2) is 0 Å². The molecule has 2 amide bonds. The number of unbranched alkanes of at least 4 members (excludes halogenated alkanes) is 3. The van der Waals surface area contributed by atoms with Crippen molar-refractivity contribution < 1.29 is 47.3 Å². The van der Waals surface area contributed by atoms with Crippen LogP contribution in [0.3, 0.4) is 0 Å². The molecule has 1 aliphatic rings. The number of hydrogen-bond acceptors (Lipinski definition) is 6. The van der Waals surface area contributed by atoms with Crippen LogP contribution in [0.4, 0.5) is 18.9 Å². The fraction of sp³-hybridized carbons (Fsp3) is 0.333. The summed E-state index contributed by atoms with van der Waals surface area (Å²) in [4.78, 5) is 50.1. The van der Waals surface area contributed by atoms with Crippen molar-refractivity contribution in [2.45, 2.75) is 51.2 Å². The van der Waals surface area contributed by atoms with E-state index in [0.717, 1.165) is 43.2 Å². The van der Waals surface area contributed by atoms with Gasteiger partial charge in [0, 0.05) is 6.54 Å². The van der Waals surface area contributed by atoms with Crippen LogP contribution in [0.15, 0.2) is 72.8 Å². The maximum atomic E-state index is 13.5. The van der Waals surface area contributed by atoms with Crippen LogP contribution < -0.4 is 15.4 Å². The fourth-order valence-corrected chi connectivity index (χ4v) is 4.70. The molecule has 4 N–H and O–H groups in total. The van der Waals surface area contributed by atoms with Gasteiger partial charge < -0.3 is 30.5 Å². The highest BCUT2D eigenvalue weighted by Gasteiger charge is 2.38. The van der Waals surface area contributed by atoms with Crippen LogP contribution in [0.1, 0.15) is 53.6 Å². The van der Waals surface area contributed by atoms with Gasteiger partial charge in [0.2, 0.25) is 5.91 Å². The molecule has 0 atom stereocenters. The quantitative estimate of drug-likeness (QED) is 0.203. The number of aryl methyl sites for hydroxylation is 1. The molecule has 0 spiro atoms. The summed E-state index contributed by atoms with van der Waals surface area (Å²) in [7, 11) is 0. The van der Waals surface area contributed by atoms with E-state index < -0.39 is 18.1 Å². The molecular weight excluding hydrogens is 607 g/mol. The summed E-state index contributed by atoms with van der Waals surface area (Å²) >= 11 is 0. The van der Waals surface area contributed by atoms with E-state index in [1.54, 1.807) is 4.90 Å². The zero-order valence-electron chi connectivity index (χ0n) is 25.0. The number of alkyl halides is 3. The number of carbonyl (C=O) groups is 4. The predicted molar refractivity (Wildman–Crippen MR) is 164 cm³/mol. The number of nitrogens with two attached hydrogens (primary N) is 1. The topological polar surface area (TPSA) is 150 Å². The molecule has 10 nitrogen and oxygen atoms in total. The second-order valence-corrected chi connectivity index (χ2v) is 10.5. The molecule has 0 fully saturated rings. The Balaban J connectivity index is 0.000000738. The third kappa shape index (κ3) is 10.9. The standard InChI is InChI=1S/C31H35N3O5.C2HF3O2/c32-17-7-2-1-4-9-23-14-15-28-27(20-23)31(38)33(18-16-30(36)37)22-29(35)34(28)21-24-10-8-13-26(19-24)39-25-11-5-3-6-12-25;3-2(4,5)1(6)7/h3,5-6,8,10-15,19-20H,1-2,4,7,9,16-18,21-22,32H2,(H,36,37);(H,6,7). The lowest BCUT2D eigenvalue weighted by Gasteiger charge is -2.23. The molecule has 0 unspecified atom stereocenters. The van der Waals surface area contributed by atoms with Gasteiger partial charge in [-0.25, -0.2) is 4.79 Å². The molecule has 1 aliphatic heterocycles. The number of benzene rings is 3. The first kappa shape index (κ1) is 35.6. The molecule has 0 radical (unpaired) electrons. The minimum atomic E-state index is -5.08. The minimum absolute atomic E-state index is 0.0308. The normalized spacial score (nSPS) is 13.0. The molecule has 3 aromatic carbocycles. The van der Waals surface area contributed by atoms with Crippen molar-refractivity contribution in [2.75, 3.05) is 24.5 Å². The maximum absolute atomic E-state index is 13.5. The van der Waals surface area contributed by atoms with Crippen LogP contribution in [0.2, 0.25) is 0 Å². The van der Waals surface area contributed by atoms with Crippen molar-refractivity contribution in [2.24, 2.45) is 5.73 Å². The Kier molecular flexibility index (Phi) is 13.1. The summed E-state index contributed by atoms with van der Waals surface area (Å²) in [5.41, 5.74) is 8.40. The van der Waals surface area contributed by atoms with Crippen LogP contribution in [-0.2, 0) is 27.3 Å². The largest absolute Gasteiger partial charge is 0.490 e. The SMILES string of the molecule is NCCCCCCc1ccc2c(c1)C(=O)N(CCC(=O)O)CC(=O)N2Cc1cccc(Oc2ccccc2)c1.O=C(O)C(F)(F)F. The second-order valence-electron chi connectivity index (χ2n) is 10.5. The third-order valence-corrected chi connectivity index (χ3v) is 6.97. The molecule has 0 aromatic heterocycles. The number of carboxylic acid groups (broad SMARTS) is 2. The van der Waals surface area contributed by atoms with E-state index in [2.05, 4.69) is 0 Å². The van der Waals surface area contributed by atoms with Crippen LogP contribution in [0, 0.1) is 0 Å². The van der Waals surface area contributed by atoms with Gasteiger partial charge in [0.1, 0.15) is 18.0 Å². The maximum Gasteiger partial charge on any atom is 0.490 e. The van der Waals surface area contributed by atoms with Gasteiger partial charge in [-0.3, -0.25) is 14.4 Å². The summed E-state index contributed by atoms with van der Waals surface area (Å²) in [6.45, 7) is 0.716. The highest BCUT2D eigenvalue weighted by molar-refractivity contribution is 6.09. The molecule has 46 heavy (non-hydrogen) atoms. The average molecular weight is 644 g/mol. The smallest absolute Gasteiger partial charge is 0.481 e. The van der Waals surface area contributed by atoms with E-state index in [1.165, 1.54) is 4.90 Å². The van der Waals surface area contributed by atoms with Crippen molar-refractivity contribution >= 4 is 29.4 Å². The number of fused-ring (bicyclic) bond motifs is 1.